The molecule has 8 rings (SSSR count). The Morgan fingerprint density at radius 2 is 0.539 bits per heavy atom. The molecule has 0 aromatic heterocycles. The summed E-state index contributed by atoms with van der Waals surface area (Å²) in [5.41, 5.74) is -38.1. The van der Waals surface area contributed by atoms with Crippen molar-refractivity contribution in [1.29, 1.82) is 0 Å². The Morgan fingerprint density at radius 1 is 0.281 bits per heavy atom. The molecule has 0 radical (unpaired) electrons. The van der Waals surface area contributed by atoms with Crippen molar-refractivity contribution >= 4 is 55.3 Å². The van der Waals surface area contributed by atoms with Crippen molar-refractivity contribution in [1.82, 2.24) is 0 Å². The number of alkyl halides is 12. The molecule has 33 heteroatoms. The Hall–Kier alpha value is -8.06. The van der Waals surface area contributed by atoms with E-state index in [0.717, 1.165) is 11.5 Å². The molecule has 0 atom stereocenters. The van der Waals surface area contributed by atoms with Crippen LogP contribution >= 0.6 is 0 Å². The van der Waals surface area contributed by atoms with Crippen LogP contribution in [0.15, 0.2) is 115 Å². The maximum atomic E-state index is 16.0. The van der Waals surface area contributed by atoms with Crippen LogP contribution in [0.1, 0.15) is 22.3 Å². The number of para-hydroxylation sites is 2. The quantitative estimate of drug-likeness (QED) is 0.0337. The van der Waals surface area contributed by atoms with Crippen LogP contribution in [0, 0.1) is 93.1 Å². The van der Waals surface area contributed by atoms with Gasteiger partial charge in [0.25, 0.3) is 0 Å². The summed E-state index contributed by atoms with van der Waals surface area (Å²) in [5, 5.41) is 0. The first-order chi connectivity index (χ1) is 41.5. The van der Waals surface area contributed by atoms with Gasteiger partial charge in [-0.2, -0.15) is 52.7 Å². The summed E-state index contributed by atoms with van der Waals surface area (Å²) in [6, 6.07) is 39.7. The molecular formula is C56H27BF28O3Se. The van der Waals surface area contributed by atoms with E-state index in [1.807, 2.05) is 36.4 Å². The normalized spacial score (nSPS) is 12.4. The molecule has 8 aromatic rings. The summed E-state index contributed by atoms with van der Waals surface area (Å²) in [7, 11) is 0. The molecule has 0 spiro atoms. The van der Waals surface area contributed by atoms with Gasteiger partial charge in [-0.1, -0.05) is 6.07 Å². The monoisotopic (exact) mass is 1370 g/mol. The van der Waals surface area contributed by atoms with Crippen molar-refractivity contribution < 1.29 is 137 Å². The van der Waals surface area contributed by atoms with Crippen molar-refractivity contribution in [2.24, 2.45) is 0 Å². The van der Waals surface area contributed by atoms with E-state index in [4.69, 9.17) is 14.2 Å². The number of hydrogen-bond acceptors (Lipinski definition) is 3. The first-order valence-corrected chi connectivity index (χ1v) is 26.8. The van der Waals surface area contributed by atoms with E-state index >= 15 is 35.1 Å². The van der Waals surface area contributed by atoms with Crippen LogP contribution in [0.3, 0.4) is 0 Å². The van der Waals surface area contributed by atoms with Gasteiger partial charge in [0.1, 0.15) is 29.4 Å². The maximum absolute atomic E-state index is 16.0. The first kappa shape index (κ1) is 68.4. The van der Waals surface area contributed by atoms with Crippen LogP contribution in [0.25, 0.3) is 0 Å². The molecule has 0 bridgehead atoms. The molecular weight excluding hydrogens is 1340 g/mol. The summed E-state index contributed by atoms with van der Waals surface area (Å²) >= 11 is -1.46. The Morgan fingerprint density at radius 3 is 0.843 bits per heavy atom. The second kappa shape index (κ2) is 26.2. The molecule has 0 aliphatic rings. The number of rotatable bonds is 15. The zero-order valence-electron chi connectivity index (χ0n) is 43.1. The van der Waals surface area contributed by atoms with Gasteiger partial charge in [-0.25, -0.2) is 70.2 Å². The SMILES string of the molecule is Fc1c(F)c(F)c(C(F)(F)F)c([B-](c2c(F)c(F)c(F)c(F)c2C(F)(F)F)(c2c(F)c(F)c(F)c(F)c2C(F)(F)F)c2c(F)c(F)c(F)c(F)c2C(F)(F)F)c1F.c1ccc(OCCOCCOc2ccccc2[Se+](c2ccccc2)c2ccccc2)cc1. The second-order valence-corrected chi connectivity index (χ2v) is 22.2. The van der Waals surface area contributed by atoms with Gasteiger partial charge in [0.15, 0.2) is 69.8 Å². The van der Waals surface area contributed by atoms with E-state index in [0.29, 0.717) is 26.4 Å². The van der Waals surface area contributed by atoms with Crippen LogP contribution in [0.4, 0.5) is 123 Å². The van der Waals surface area contributed by atoms with Gasteiger partial charge in [0.05, 0.1) is 22.3 Å². The van der Waals surface area contributed by atoms with Crippen LogP contribution in [0.2, 0.25) is 0 Å². The molecule has 8 aromatic carbocycles. The Kier molecular flexibility index (Phi) is 20.1. The zero-order valence-corrected chi connectivity index (χ0v) is 44.8. The predicted molar refractivity (Wildman–Crippen MR) is 262 cm³/mol. The van der Waals surface area contributed by atoms with E-state index in [-0.39, 0.29) is 0 Å². The van der Waals surface area contributed by atoms with Crippen molar-refractivity contribution in [3.63, 3.8) is 0 Å². The Balaban J connectivity index is 0.000000296. The number of ether oxygens (including phenoxy) is 3. The Bertz CT molecular complexity index is 3550. The van der Waals surface area contributed by atoms with Crippen molar-refractivity contribution in [3.8, 4) is 11.5 Å². The van der Waals surface area contributed by atoms with Gasteiger partial charge in [-0.3, -0.25) is 0 Å². The van der Waals surface area contributed by atoms with Crippen LogP contribution in [0.5, 0.6) is 11.5 Å². The molecule has 0 fully saturated rings. The molecule has 0 unspecified atom stereocenters. The fourth-order valence-corrected chi connectivity index (χ4v) is 14.1. The van der Waals surface area contributed by atoms with Gasteiger partial charge >= 0.3 is 213 Å². The van der Waals surface area contributed by atoms with Crippen molar-refractivity contribution in [2.45, 2.75) is 24.7 Å². The van der Waals surface area contributed by atoms with Gasteiger partial charge < -0.3 is 0 Å². The number of hydrogen-bond donors (Lipinski definition) is 0. The topological polar surface area (TPSA) is 27.7 Å². The summed E-state index contributed by atoms with van der Waals surface area (Å²) in [5.74, 6) is -68.0. The average Bonchev–Trinajstić information content (AvgIpc) is 0.697. The zero-order chi connectivity index (χ0) is 66.2. The van der Waals surface area contributed by atoms with Gasteiger partial charge in [-0.05, 0) is 0 Å². The minimum atomic E-state index is -8.89. The molecule has 0 saturated carbocycles. The molecule has 3 nitrogen and oxygen atoms in total. The standard InChI is InChI=1S/C28BF28.C28H27O3Se/c30-9-1(25(46,47)48)5(13(34)21(42)17(9)38)29(6-2(26(49,50)51)10(31)18(39)22(43)14(6)35,7-3(27(52,53)54)11(32)19(40)23(44)15(7)36)8-4(28(55,56)57)12(33)20(41)24(45)16(8)37;1-4-12-24(13-5-1)30-22-20-29-21-23-31-27-18-10-11-19-28(27)32(25-14-6-2-7-15-25)26-16-8-3-9-17-26/h;1-19H,20-23H2/q-1;+1. The summed E-state index contributed by atoms with van der Waals surface area (Å²) in [6.45, 7) is 2.08. The fraction of sp³-hybridized carbons (Fsp3) is 0.143. The average molecular weight is 1370 g/mol. The summed E-state index contributed by atoms with van der Waals surface area (Å²) < 4.78 is 439. The van der Waals surface area contributed by atoms with Crippen LogP contribution in [-0.4, -0.2) is 46.5 Å². The number of benzene rings is 8. The van der Waals surface area contributed by atoms with Crippen molar-refractivity contribution in [3.05, 3.63) is 231 Å². The second-order valence-electron chi connectivity index (χ2n) is 18.0. The molecule has 0 aliphatic carbocycles. The first-order valence-electron chi connectivity index (χ1n) is 24.2. The van der Waals surface area contributed by atoms with Gasteiger partial charge in [-0.15, -0.1) is 21.9 Å². The third-order valence-electron chi connectivity index (χ3n) is 12.8. The molecule has 0 aliphatic heterocycles. The van der Waals surface area contributed by atoms with E-state index in [1.165, 1.54) is 13.4 Å². The summed E-state index contributed by atoms with van der Waals surface area (Å²) in [4.78, 5) is 0. The van der Waals surface area contributed by atoms with E-state index < -0.39 is 182 Å². The van der Waals surface area contributed by atoms with E-state index in [2.05, 4.69) is 78.9 Å². The van der Waals surface area contributed by atoms with Crippen LogP contribution < -0.4 is 44.7 Å². The Labute approximate surface area is 484 Å². The van der Waals surface area contributed by atoms with Crippen molar-refractivity contribution in [2.75, 3.05) is 26.4 Å². The summed E-state index contributed by atoms with van der Waals surface area (Å²) in [6.07, 6.45) is -39.5. The third-order valence-corrected chi connectivity index (χ3v) is 17.6. The predicted octanol–water partition coefficient (Wildman–Crippen LogP) is 13.0. The minimum absolute atomic E-state index is 0.505. The van der Waals surface area contributed by atoms with Crippen LogP contribution in [-0.2, 0) is 29.4 Å². The molecule has 474 valence electrons. The molecule has 0 N–H and O–H groups in total. The third kappa shape index (κ3) is 13.0. The van der Waals surface area contributed by atoms with E-state index in [9.17, 15) is 87.8 Å². The fourth-order valence-electron chi connectivity index (χ4n) is 9.48. The van der Waals surface area contributed by atoms with E-state index in [1.54, 1.807) is 0 Å². The van der Waals surface area contributed by atoms with Gasteiger partial charge in [0, 0.05) is 0 Å². The van der Waals surface area contributed by atoms with Gasteiger partial charge in [0.2, 0.25) is 0 Å². The molecule has 0 saturated heterocycles. The molecule has 0 heterocycles. The molecule has 89 heavy (non-hydrogen) atoms. The number of halogens is 28. The molecule has 0 amide bonds.